The minimum absolute atomic E-state index is 0.0615. The summed E-state index contributed by atoms with van der Waals surface area (Å²) in [7, 11) is 2.08. The fourth-order valence-electron chi connectivity index (χ4n) is 4.28. The smallest absolute Gasteiger partial charge is 0.253 e. The highest BCUT2D eigenvalue weighted by atomic mass is 16.3. The first-order chi connectivity index (χ1) is 17.1. The van der Waals surface area contributed by atoms with Crippen molar-refractivity contribution < 1.29 is 9.21 Å². The third-order valence-corrected chi connectivity index (χ3v) is 6.34. The van der Waals surface area contributed by atoms with Crippen molar-refractivity contribution in [3.8, 4) is 11.3 Å². The first-order valence-electron chi connectivity index (χ1n) is 11.6. The molecule has 6 rings (SSSR count). The summed E-state index contributed by atoms with van der Waals surface area (Å²) in [5, 5.41) is 12.7. The molecule has 1 fully saturated rings. The molecule has 3 aromatic carbocycles. The van der Waals surface area contributed by atoms with Crippen LogP contribution < -0.4 is 5.32 Å². The number of likely N-dealkylation sites (N-methyl/N-ethyl adjacent to an activating group) is 1. The van der Waals surface area contributed by atoms with Gasteiger partial charge in [0, 0.05) is 48.4 Å². The first kappa shape index (κ1) is 21.2. The summed E-state index contributed by atoms with van der Waals surface area (Å²) >= 11 is 0. The Kier molecular flexibility index (Phi) is 5.35. The molecule has 1 aliphatic rings. The van der Waals surface area contributed by atoms with Gasteiger partial charge in [-0.25, -0.2) is 4.98 Å². The van der Waals surface area contributed by atoms with E-state index >= 15 is 0 Å². The van der Waals surface area contributed by atoms with Gasteiger partial charge in [-0.05, 0) is 61.6 Å². The molecule has 1 aliphatic heterocycles. The molecule has 0 atom stereocenters. The average molecular weight is 465 g/mol. The predicted molar refractivity (Wildman–Crippen MR) is 136 cm³/mol. The van der Waals surface area contributed by atoms with Crippen LogP contribution in [0, 0.1) is 0 Å². The second-order valence-corrected chi connectivity index (χ2v) is 8.79. The molecule has 1 saturated heterocycles. The van der Waals surface area contributed by atoms with Crippen LogP contribution in [0.3, 0.4) is 0 Å². The second kappa shape index (κ2) is 8.81. The molecule has 0 radical (unpaired) electrons. The zero-order valence-corrected chi connectivity index (χ0v) is 19.3. The average Bonchev–Trinajstić information content (AvgIpc) is 3.33. The molecule has 5 aromatic rings. The highest BCUT2D eigenvalue weighted by Crippen LogP contribution is 2.29. The maximum absolute atomic E-state index is 12.8. The van der Waals surface area contributed by atoms with Crippen molar-refractivity contribution >= 4 is 39.5 Å². The molecule has 0 spiro atoms. The van der Waals surface area contributed by atoms with E-state index in [1.165, 1.54) is 0 Å². The number of hydrogen-bond acceptors (Lipinski definition) is 7. The molecule has 35 heavy (non-hydrogen) atoms. The quantitative estimate of drug-likeness (QED) is 0.417. The molecule has 0 bridgehead atoms. The van der Waals surface area contributed by atoms with Crippen LogP contribution in [0.25, 0.3) is 33.3 Å². The fraction of sp³-hybridized carbons (Fsp3) is 0.185. The van der Waals surface area contributed by atoms with Crippen LogP contribution in [0.4, 0.5) is 11.6 Å². The van der Waals surface area contributed by atoms with Crippen LogP contribution in [0.1, 0.15) is 10.4 Å². The van der Waals surface area contributed by atoms with Crippen LogP contribution in [0.2, 0.25) is 0 Å². The first-order valence-corrected chi connectivity index (χ1v) is 11.6. The molecular formula is C27H24N6O2. The van der Waals surface area contributed by atoms with Crippen LogP contribution in [0.5, 0.6) is 0 Å². The topological polar surface area (TPSA) is 87.4 Å². The second-order valence-electron chi connectivity index (χ2n) is 8.79. The summed E-state index contributed by atoms with van der Waals surface area (Å²) in [4.78, 5) is 21.5. The Morgan fingerprint density at radius 2 is 1.69 bits per heavy atom. The van der Waals surface area contributed by atoms with Crippen molar-refractivity contribution in [3.05, 3.63) is 78.4 Å². The van der Waals surface area contributed by atoms with E-state index in [0.29, 0.717) is 22.5 Å². The fourth-order valence-corrected chi connectivity index (χ4v) is 4.28. The van der Waals surface area contributed by atoms with Crippen molar-refractivity contribution in [3.63, 3.8) is 0 Å². The predicted octanol–water partition coefficient (Wildman–Crippen LogP) is 4.57. The molecule has 0 saturated carbocycles. The van der Waals surface area contributed by atoms with Crippen molar-refractivity contribution in [1.29, 1.82) is 0 Å². The number of benzene rings is 3. The van der Waals surface area contributed by atoms with Crippen LogP contribution >= 0.6 is 0 Å². The Morgan fingerprint density at radius 3 is 2.49 bits per heavy atom. The minimum atomic E-state index is 0.0615. The summed E-state index contributed by atoms with van der Waals surface area (Å²) in [6, 6.07) is 23.1. The number of para-hydroxylation sites is 1. The van der Waals surface area contributed by atoms with Gasteiger partial charge in [-0.1, -0.05) is 18.2 Å². The largest absolute Gasteiger partial charge is 0.456 e. The third-order valence-electron chi connectivity index (χ3n) is 6.34. The van der Waals surface area contributed by atoms with E-state index in [2.05, 4.69) is 32.4 Å². The number of furan rings is 1. The van der Waals surface area contributed by atoms with Gasteiger partial charge in [0.1, 0.15) is 16.9 Å². The van der Waals surface area contributed by atoms with E-state index < -0.39 is 0 Å². The van der Waals surface area contributed by atoms with E-state index in [1.54, 1.807) is 0 Å². The number of nitrogens with one attached hydrogen (secondary N) is 1. The molecule has 3 heterocycles. The van der Waals surface area contributed by atoms with E-state index in [9.17, 15) is 4.79 Å². The molecule has 1 N–H and O–H groups in total. The van der Waals surface area contributed by atoms with E-state index in [-0.39, 0.29) is 5.91 Å². The zero-order chi connectivity index (χ0) is 23.8. The molecule has 174 valence electrons. The number of fused-ring (bicyclic) bond motifs is 2. The Hall–Kier alpha value is -4.30. The molecule has 1 amide bonds. The van der Waals surface area contributed by atoms with E-state index in [0.717, 1.165) is 54.2 Å². The maximum atomic E-state index is 12.8. The number of carbonyl (C=O) groups excluding carboxylic acids is 1. The SMILES string of the molecule is CN1CCN(C(=O)c2ccc(Nc3nnc4ccc(-c5cc6ccccc6o5)cc4n3)cc2)CC1. The number of hydrogen-bond donors (Lipinski definition) is 1. The standard InChI is InChI=1S/C27H24N6O2/c1-32-12-14-33(15-13-32)26(34)18-6-9-21(10-7-18)28-27-29-23-16-20(8-11-22(23)30-31-27)25-17-19-4-2-3-5-24(19)35-25/h2-11,16-17H,12-15H2,1H3,(H,28,29,31). The number of anilines is 2. The van der Waals surface area contributed by atoms with Gasteiger partial charge in [0.25, 0.3) is 5.91 Å². The number of amides is 1. The summed E-state index contributed by atoms with van der Waals surface area (Å²) in [5.74, 6) is 1.23. The van der Waals surface area contributed by atoms with Gasteiger partial charge >= 0.3 is 0 Å². The lowest BCUT2D eigenvalue weighted by Gasteiger charge is -2.32. The van der Waals surface area contributed by atoms with Gasteiger partial charge in [-0.2, -0.15) is 0 Å². The van der Waals surface area contributed by atoms with Crippen molar-refractivity contribution in [2.24, 2.45) is 0 Å². The summed E-state index contributed by atoms with van der Waals surface area (Å²) in [6.07, 6.45) is 0. The van der Waals surface area contributed by atoms with Crippen LogP contribution in [-0.4, -0.2) is 64.1 Å². The van der Waals surface area contributed by atoms with Gasteiger partial charge in [0.05, 0.1) is 5.52 Å². The normalized spacial score (nSPS) is 14.5. The molecule has 8 heteroatoms. The van der Waals surface area contributed by atoms with Gasteiger partial charge in [-0.15, -0.1) is 10.2 Å². The summed E-state index contributed by atoms with van der Waals surface area (Å²) in [6.45, 7) is 3.30. The van der Waals surface area contributed by atoms with Crippen molar-refractivity contribution in [2.45, 2.75) is 0 Å². The monoisotopic (exact) mass is 464 g/mol. The lowest BCUT2D eigenvalue weighted by Crippen LogP contribution is -2.47. The molecule has 2 aromatic heterocycles. The van der Waals surface area contributed by atoms with Crippen LogP contribution in [0.15, 0.2) is 77.2 Å². The molecule has 0 aliphatic carbocycles. The van der Waals surface area contributed by atoms with Gasteiger partial charge < -0.3 is 19.5 Å². The Bertz CT molecular complexity index is 1490. The lowest BCUT2D eigenvalue weighted by molar-refractivity contribution is 0.0664. The minimum Gasteiger partial charge on any atom is -0.456 e. The van der Waals surface area contributed by atoms with Gasteiger partial charge in [-0.3, -0.25) is 4.79 Å². The zero-order valence-electron chi connectivity index (χ0n) is 19.3. The Labute approximate surface area is 202 Å². The van der Waals surface area contributed by atoms with Crippen molar-refractivity contribution in [1.82, 2.24) is 25.0 Å². The highest BCUT2D eigenvalue weighted by Gasteiger charge is 2.20. The molecule has 8 nitrogen and oxygen atoms in total. The number of nitrogens with zero attached hydrogens (tertiary/aromatic N) is 5. The summed E-state index contributed by atoms with van der Waals surface area (Å²) in [5.41, 5.74) is 4.64. The van der Waals surface area contributed by atoms with Gasteiger partial charge in [0.15, 0.2) is 0 Å². The maximum Gasteiger partial charge on any atom is 0.253 e. The summed E-state index contributed by atoms with van der Waals surface area (Å²) < 4.78 is 6.00. The molecular weight excluding hydrogens is 440 g/mol. The molecule has 0 unspecified atom stereocenters. The van der Waals surface area contributed by atoms with Crippen molar-refractivity contribution in [2.75, 3.05) is 38.5 Å². The van der Waals surface area contributed by atoms with Gasteiger partial charge in [0.2, 0.25) is 5.95 Å². The highest BCUT2D eigenvalue weighted by molar-refractivity contribution is 5.94. The number of piperazine rings is 1. The number of aromatic nitrogens is 3. The Balaban J connectivity index is 1.21. The van der Waals surface area contributed by atoms with E-state index in [1.807, 2.05) is 77.7 Å². The lowest BCUT2D eigenvalue weighted by atomic mass is 10.1. The van der Waals surface area contributed by atoms with E-state index in [4.69, 9.17) is 4.42 Å². The van der Waals surface area contributed by atoms with Crippen LogP contribution in [-0.2, 0) is 0 Å². The number of carbonyl (C=O) groups is 1. The Morgan fingerprint density at radius 1 is 0.886 bits per heavy atom. The number of rotatable bonds is 4. The third kappa shape index (κ3) is 4.31.